The van der Waals surface area contributed by atoms with Crippen LogP contribution in [0.5, 0.6) is 0 Å². The minimum Gasteiger partial charge on any atom is -0.389 e. The fraction of sp³-hybridized carbons (Fsp3) is 0.500. The van der Waals surface area contributed by atoms with Gasteiger partial charge < -0.3 is 10.0 Å². The molecule has 1 fully saturated rings. The maximum absolute atomic E-state index is 10.9. The Morgan fingerprint density at radius 3 is 2.71 bits per heavy atom. The second-order valence-corrected chi connectivity index (χ2v) is 5.86. The van der Waals surface area contributed by atoms with Crippen molar-refractivity contribution in [2.75, 3.05) is 18.0 Å². The first-order valence-electron chi connectivity index (χ1n) is 3.88. The highest BCUT2D eigenvalue weighted by Gasteiger charge is 2.27. The molecule has 14 heavy (non-hydrogen) atoms. The van der Waals surface area contributed by atoms with E-state index >= 15 is 0 Å². The second kappa shape index (κ2) is 3.16. The van der Waals surface area contributed by atoms with E-state index in [2.05, 4.69) is 4.98 Å². The largest absolute Gasteiger partial charge is 0.389 e. The molecule has 6 nitrogen and oxygen atoms in total. The number of aliphatic hydroxyl groups excluding tert-OH is 1. The molecule has 0 saturated carbocycles. The number of hydrogen-bond donors (Lipinski definition) is 2. The van der Waals surface area contributed by atoms with Crippen molar-refractivity contribution in [2.45, 2.75) is 10.3 Å². The summed E-state index contributed by atoms with van der Waals surface area (Å²) in [6.07, 6.45) is 0.900. The zero-order valence-corrected chi connectivity index (χ0v) is 8.75. The molecule has 2 rings (SSSR count). The molecule has 0 unspecified atom stereocenters. The molecular weight excluding hydrogens is 226 g/mol. The van der Waals surface area contributed by atoms with Crippen LogP contribution >= 0.6 is 11.3 Å². The van der Waals surface area contributed by atoms with Crippen molar-refractivity contribution in [1.29, 1.82) is 0 Å². The summed E-state index contributed by atoms with van der Waals surface area (Å²) >= 11 is 1.02. The molecule has 78 valence electrons. The molecular formula is C6H9N3O3S2. The van der Waals surface area contributed by atoms with Gasteiger partial charge in [0.1, 0.15) is 0 Å². The summed E-state index contributed by atoms with van der Waals surface area (Å²) in [5.41, 5.74) is 0. The van der Waals surface area contributed by atoms with E-state index in [9.17, 15) is 8.42 Å². The number of anilines is 1. The van der Waals surface area contributed by atoms with E-state index in [1.807, 2.05) is 0 Å². The van der Waals surface area contributed by atoms with Crippen molar-refractivity contribution >= 4 is 26.5 Å². The maximum atomic E-state index is 10.9. The molecule has 3 N–H and O–H groups in total. The minimum absolute atomic E-state index is 0.0499. The number of aliphatic hydroxyl groups is 1. The van der Waals surface area contributed by atoms with Crippen molar-refractivity contribution in [3.8, 4) is 0 Å². The third-order valence-electron chi connectivity index (χ3n) is 1.89. The number of aromatic nitrogens is 1. The highest BCUT2D eigenvalue weighted by atomic mass is 32.2. The summed E-state index contributed by atoms with van der Waals surface area (Å²) in [7, 11) is -3.65. The van der Waals surface area contributed by atoms with Crippen molar-refractivity contribution < 1.29 is 13.5 Å². The van der Waals surface area contributed by atoms with Crippen LogP contribution in [0, 0.1) is 0 Å². The van der Waals surface area contributed by atoms with E-state index in [1.165, 1.54) is 6.20 Å². The Morgan fingerprint density at radius 2 is 2.29 bits per heavy atom. The van der Waals surface area contributed by atoms with Gasteiger partial charge in [-0.1, -0.05) is 11.3 Å². The molecule has 1 aliphatic heterocycles. The van der Waals surface area contributed by atoms with Crippen LogP contribution in [-0.4, -0.2) is 37.7 Å². The lowest BCUT2D eigenvalue weighted by molar-refractivity contribution is 0.142. The zero-order valence-electron chi connectivity index (χ0n) is 7.12. The summed E-state index contributed by atoms with van der Waals surface area (Å²) < 4.78 is 21.9. The van der Waals surface area contributed by atoms with Crippen molar-refractivity contribution in [1.82, 2.24) is 4.98 Å². The number of β-amino-alcohol motifs (C(OH)–C–C–N with tert-alkyl or cyclic N) is 1. The van der Waals surface area contributed by atoms with Gasteiger partial charge in [0, 0.05) is 13.1 Å². The summed E-state index contributed by atoms with van der Waals surface area (Å²) in [6.45, 7) is 0.995. The van der Waals surface area contributed by atoms with Gasteiger partial charge in [0.2, 0.25) is 10.0 Å². The van der Waals surface area contributed by atoms with Crippen LogP contribution in [0.4, 0.5) is 5.13 Å². The molecule has 2 heterocycles. The predicted octanol–water partition coefficient (Wildman–Crippen LogP) is -1.03. The van der Waals surface area contributed by atoms with Crippen LogP contribution in [0.2, 0.25) is 0 Å². The van der Waals surface area contributed by atoms with Gasteiger partial charge >= 0.3 is 0 Å². The smallest absolute Gasteiger partial charge is 0.249 e. The standard InChI is InChI=1S/C6H9N3O3S2/c7-14(11,12)5-1-8-6(13-5)9-2-4(10)3-9/h1,4,10H,2-3H2,(H2,7,11,12). The van der Waals surface area contributed by atoms with Crippen molar-refractivity contribution in [2.24, 2.45) is 5.14 Å². The first-order chi connectivity index (χ1) is 6.47. The second-order valence-electron chi connectivity index (χ2n) is 3.07. The number of rotatable bonds is 2. The van der Waals surface area contributed by atoms with Gasteiger partial charge in [-0.3, -0.25) is 0 Å². The first kappa shape index (κ1) is 9.84. The highest BCUT2D eigenvalue weighted by molar-refractivity contribution is 7.91. The van der Waals surface area contributed by atoms with Crippen LogP contribution in [0.15, 0.2) is 10.4 Å². The average Bonchev–Trinajstić information content (AvgIpc) is 2.45. The predicted molar refractivity (Wildman–Crippen MR) is 51.7 cm³/mol. The molecule has 1 aromatic heterocycles. The number of nitrogens with zero attached hydrogens (tertiary/aromatic N) is 2. The third-order valence-corrected chi connectivity index (χ3v) is 4.35. The Balaban J connectivity index is 2.19. The Kier molecular flexibility index (Phi) is 2.22. The Hall–Kier alpha value is -0.700. The highest BCUT2D eigenvalue weighted by Crippen LogP contribution is 2.28. The van der Waals surface area contributed by atoms with Gasteiger partial charge in [-0.15, -0.1) is 0 Å². The van der Waals surface area contributed by atoms with Gasteiger partial charge in [-0.25, -0.2) is 18.5 Å². The van der Waals surface area contributed by atoms with Crippen LogP contribution in [0.3, 0.4) is 0 Å². The number of primary sulfonamides is 1. The van der Waals surface area contributed by atoms with Crippen LogP contribution in [0.1, 0.15) is 0 Å². The minimum atomic E-state index is -3.65. The third kappa shape index (κ3) is 1.73. The van der Waals surface area contributed by atoms with Gasteiger partial charge in [0.15, 0.2) is 9.34 Å². The first-order valence-corrected chi connectivity index (χ1v) is 6.25. The Labute approximate surface area is 85.0 Å². The molecule has 0 bridgehead atoms. The number of nitrogens with two attached hydrogens (primary N) is 1. The topological polar surface area (TPSA) is 96.5 Å². The van der Waals surface area contributed by atoms with E-state index < -0.39 is 10.0 Å². The van der Waals surface area contributed by atoms with Crippen molar-refractivity contribution in [3.05, 3.63) is 6.20 Å². The monoisotopic (exact) mass is 235 g/mol. The molecule has 1 saturated heterocycles. The number of sulfonamides is 1. The van der Waals surface area contributed by atoms with Gasteiger partial charge in [0.05, 0.1) is 12.3 Å². The van der Waals surface area contributed by atoms with Gasteiger partial charge in [0.25, 0.3) is 0 Å². The summed E-state index contributed by atoms with van der Waals surface area (Å²) in [6, 6.07) is 0. The van der Waals surface area contributed by atoms with Gasteiger partial charge in [-0.05, 0) is 0 Å². The molecule has 0 amide bonds. The van der Waals surface area contributed by atoms with E-state index in [0.717, 1.165) is 11.3 Å². The maximum Gasteiger partial charge on any atom is 0.249 e. The molecule has 1 aliphatic rings. The van der Waals surface area contributed by atoms with Crippen molar-refractivity contribution in [3.63, 3.8) is 0 Å². The lowest BCUT2D eigenvalue weighted by Gasteiger charge is -2.35. The van der Waals surface area contributed by atoms with Crippen LogP contribution in [-0.2, 0) is 10.0 Å². The lowest BCUT2D eigenvalue weighted by atomic mass is 10.2. The van der Waals surface area contributed by atoms with Gasteiger partial charge in [-0.2, -0.15) is 0 Å². The Morgan fingerprint density at radius 1 is 1.64 bits per heavy atom. The average molecular weight is 235 g/mol. The van der Waals surface area contributed by atoms with E-state index in [0.29, 0.717) is 18.2 Å². The van der Waals surface area contributed by atoms with Crippen LogP contribution < -0.4 is 10.0 Å². The fourth-order valence-corrected chi connectivity index (χ4v) is 2.70. The summed E-state index contributed by atoms with van der Waals surface area (Å²) in [4.78, 5) is 5.71. The molecule has 0 atom stereocenters. The lowest BCUT2D eigenvalue weighted by Crippen LogP contribution is -2.50. The SMILES string of the molecule is NS(=O)(=O)c1cnc(N2CC(O)C2)s1. The molecule has 0 radical (unpaired) electrons. The fourth-order valence-electron chi connectivity index (χ4n) is 1.14. The van der Waals surface area contributed by atoms with Crippen LogP contribution in [0.25, 0.3) is 0 Å². The van der Waals surface area contributed by atoms with E-state index in [1.54, 1.807) is 4.90 Å². The quantitative estimate of drug-likeness (QED) is 0.683. The molecule has 0 spiro atoms. The summed E-state index contributed by atoms with van der Waals surface area (Å²) in [5.74, 6) is 0. The molecule has 8 heteroatoms. The summed E-state index contributed by atoms with van der Waals surface area (Å²) in [5, 5.41) is 14.6. The molecule has 1 aromatic rings. The number of hydrogen-bond acceptors (Lipinski definition) is 6. The molecule has 0 aliphatic carbocycles. The normalized spacial score (nSPS) is 18.3. The Bertz CT molecular complexity index is 435. The number of thiazole rings is 1. The van der Waals surface area contributed by atoms with E-state index in [-0.39, 0.29) is 10.3 Å². The molecule has 0 aromatic carbocycles. The zero-order chi connectivity index (χ0) is 10.3. The van der Waals surface area contributed by atoms with E-state index in [4.69, 9.17) is 10.2 Å².